The Kier molecular flexibility index (Phi) is 4.92. The number of carboxylic acid groups (broad SMARTS) is 1. The van der Waals surface area contributed by atoms with Crippen LogP contribution < -0.4 is 10.6 Å². The second-order valence-corrected chi connectivity index (χ2v) is 4.48. The third-order valence-electron chi connectivity index (χ3n) is 2.88. The molecule has 21 heavy (non-hydrogen) atoms. The summed E-state index contributed by atoms with van der Waals surface area (Å²) in [6.07, 6.45) is 3.32. The van der Waals surface area contributed by atoms with Crippen LogP contribution in [0.2, 0.25) is 0 Å². The van der Waals surface area contributed by atoms with E-state index in [-0.39, 0.29) is 13.0 Å². The first-order valence-electron chi connectivity index (χ1n) is 6.43. The van der Waals surface area contributed by atoms with E-state index >= 15 is 0 Å². The van der Waals surface area contributed by atoms with Crippen molar-refractivity contribution in [2.75, 3.05) is 0 Å². The van der Waals surface area contributed by atoms with Crippen LogP contribution in [0.3, 0.4) is 0 Å². The molecule has 7 nitrogen and oxygen atoms in total. The van der Waals surface area contributed by atoms with Gasteiger partial charge in [0, 0.05) is 12.6 Å². The number of aromatic amines is 1. The van der Waals surface area contributed by atoms with Gasteiger partial charge in [-0.05, 0) is 5.56 Å². The first-order chi connectivity index (χ1) is 10.1. The van der Waals surface area contributed by atoms with Gasteiger partial charge < -0.3 is 20.7 Å². The van der Waals surface area contributed by atoms with Crippen molar-refractivity contribution in [1.29, 1.82) is 0 Å². The number of nitrogens with one attached hydrogen (secondary N) is 3. The number of benzene rings is 1. The summed E-state index contributed by atoms with van der Waals surface area (Å²) in [6.45, 7) is 0.253. The molecule has 0 radical (unpaired) electrons. The van der Waals surface area contributed by atoms with Crippen molar-refractivity contribution in [3.63, 3.8) is 0 Å². The molecule has 0 unspecified atom stereocenters. The minimum absolute atomic E-state index is 0.230. The number of carbonyl (C=O) groups excluding carboxylic acids is 1. The van der Waals surface area contributed by atoms with Gasteiger partial charge in [0.15, 0.2) is 0 Å². The van der Waals surface area contributed by atoms with Crippen LogP contribution in [0.5, 0.6) is 0 Å². The number of amides is 2. The minimum atomic E-state index is -1.07. The van der Waals surface area contributed by atoms with E-state index in [1.807, 2.05) is 30.3 Å². The summed E-state index contributed by atoms with van der Waals surface area (Å²) >= 11 is 0. The largest absolute Gasteiger partial charge is 0.480 e. The van der Waals surface area contributed by atoms with E-state index in [0.29, 0.717) is 0 Å². The van der Waals surface area contributed by atoms with E-state index in [2.05, 4.69) is 20.6 Å². The van der Waals surface area contributed by atoms with Crippen molar-refractivity contribution in [3.8, 4) is 0 Å². The van der Waals surface area contributed by atoms with Gasteiger partial charge in [-0.3, -0.25) is 0 Å². The fraction of sp³-hybridized carbons (Fsp3) is 0.214. The molecule has 2 rings (SSSR count). The Morgan fingerprint density at radius 1 is 1.29 bits per heavy atom. The Balaban J connectivity index is 1.87. The number of H-pyrrole nitrogens is 1. The Hall–Kier alpha value is -2.83. The molecule has 0 saturated carbocycles. The first-order valence-corrected chi connectivity index (χ1v) is 6.43. The fourth-order valence-electron chi connectivity index (χ4n) is 1.82. The zero-order valence-electron chi connectivity index (χ0n) is 11.2. The third kappa shape index (κ3) is 4.64. The number of hydrogen-bond acceptors (Lipinski definition) is 3. The number of rotatable bonds is 6. The molecule has 0 saturated heterocycles. The molecule has 110 valence electrons. The molecule has 0 aliphatic rings. The summed E-state index contributed by atoms with van der Waals surface area (Å²) in [4.78, 5) is 29.6. The average molecular weight is 288 g/mol. The Labute approximate surface area is 121 Å². The van der Waals surface area contributed by atoms with Crippen LogP contribution in [0.25, 0.3) is 0 Å². The lowest BCUT2D eigenvalue weighted by Gasteiger charge is -2.15. The van der Waals surface area contributed by atoms with Gasteiger partial charge in [0.05, 0.1) is 18.6 Å². The highest BCUT2D eigenvalue weighted by Crippen LogP contribution is 2.03. The summed E-state index contributed by atoms with van der Waals surface area (Å²) in [6, 6.07) is 7.63. The highest BCUT2D eigenvalue weighted by atomic mass is 16.4. The zero-order valence-corrected chi connectivity index (χ0v) is 11.2. The van der Waals surface area contributed by atoms with Crippen LogP contribution in [0, 0.1) is 0 Å². The lowest BCUT2D eigenvalue weighted by atomic mass is 10.1. The summed E-state index contributed by atoms with van der Waals surface area (Å²) in [7, 11) is 0. The van der Waals surface area contributed by atoms with Crippen molar-refractivity contribution in [2.24, 2.45) is 0 Å². The number of urea groups is 1. The number of carboxylic acids is 1. The molecule has 1 aromatic heterocycles. The number of carbonyl (C=O) groups is 2. The van der Waals surface area contributed by atoms with Crippen molar-refractivity contribution >= 4 is 12.0 Å². The highest BCUT2D eigenvalue weighted by Gasteiger charge is 2.20. The van der Waals surface area contributed by atoms with Crippen molar-refractivity contribution in [3.05, 3.63) is 54.1 Å². The topological polar surface area (TPSA) is 107 Å². The molecule has 1 heterocycles. The van der Waals surface area contributed by atoms with Crippen LogP contribution >= 0.6 is 0 Å². The van der Waals surface area contributed by atoms with Crippen LogP contribution in [0.4, 0.5) is 4.79 Å². The zero-order chi connectivity index (χ0) is 15.1. The molecule has 0 aliphatic heterocycles. The van der Waals surface area contributed by atoms with E-state index in [1.165, 1.54) is 6.33 Å². The van der Waals surface area contributed by atoms with Crippen LogP contribution in [0.1, 0.15) is 11.3 Å². The average Bonchev–Trinajstić information content (AvgIpc) is 2.99. The number of aliphatic carboxylic acids is 1. The molecular formula is C14H16N4O3. The van der Waals surface area contributed by atoms with Gasteiger partial charge in [-0.25, -0.2) is 14.6 Å². The maximum atomic E-state index is 11.7. The van der Waals surface area contributed by atoms with Gasteiger partial charge in [-0.1, -0.05) is 30.3 Å². The van der Waals surface area contributed by atoms with Crippen molar-refractivity contribution < 1.29 is 14.7 Å². The summed E-state index contributed by atoms with van der Waals surface area (Å²) in [5.74, 6) is -1.07. The Morgan fingerprint density at radius 2 is 2.05 bits per heavy atom. The summed E-state index contributed by atoms with van der Waals surface area (Å²) < 4.78 is 0. The maximum Gasteiger partial charge on any atom is 0.326 e. The van der Waals surface area contributed by atoms with Crippen LogP contribution in [-0.2, 0) is 17.8 Å². The number of imidazole rings is 1. The third-order valence-corrected chi connectivity index (χ3v) is 2.88. The van der Waals surface area contributed by atoms with E-state index in [1.54, 1.807) is 6.20 Å². The van der Waals surface area contributed by atoms with E-state index in [0.717, 1.165) is 11.3 Å². The lowest BCUT2D eigenvalue weighted by molar-refractivity contribution is -0.139. The van der Waals surface area contributed by atoms with Crippen LogP contribution in [0.15, 0.2) is 42.9 Å². The minimum Gasteiger partial charge on any atom is -0.480 e. The molecule has 0 fully saturated rings. The normalized spacial score (nSPS) is 11.6. The standard InChI is InChI=1S/C14H16N4O3/c19-13(20)12(6-10-4-2-1-3-5-10)18-14(21)16-8-11-7-15-9-17-11/h1-5,7,9,12H,6,8H2,(H,15,17)(H,19,20)(H2,16,18,21)/t12-/m1/s1. The van der Waals surface area contributed by atoms with E-state index in [9.17, 15) is 14.7 Å². The van der Waals surface area contributed by atoms with Crippen molar-refractivity contribution in [1.82, 2.24) is 20.6 Å². The van der Waals surface area contributed by atoms with Gasteiger partial charge >= 0.3 is 12.0 Å². The summed E-state index contributed by atoms with van der Waals surface area (Å²) in [5.41, 5.74) is 1.58. The molecule has 7 heteroatoms. The molecule has 0 spiro atoms. The molecule has 1 atom stereocenters. The Bertz CT molecular complexity index is 584. The van der Waals surface area contributed by atoms with Crippen molar-refractivity contribution in [2.45, 2.75) is 19.0 Å². The quantitative estimate of drug-likeness (QED) is 0.633. The number of aromatic nitrogens is 2. The van der Waals surface area contributed by atoms with Gasteiger partial charge in [-0.2, -0.15) is 0 Å². The molecule has 2 amide bonds. The second-order valence-electron chi connectivity index (χ2n) is 4.48. The Morgan fingerprint density at radius 3 is 2.67 bits per heavy atom. The maximum absolute atomic E-state index is 11.7. The molecular weight excluding hydrogens is 272 g/mol. The molecule has 0 aliphatic carbocycles. The number of nitrogens with zero attached hydrogens (tertiary/aromatic N) is 1. The predicted octanol–water partition coefficient (Wildman–Crippen LogP) is 0.905. The predicted molar refractivity (Wildman–Crippen MR) is 75.5 cm³/mol. The smallest absolute Gasteiger partial charge is 0.326 e. The van der Waals surface area contributed by atoms with Gasteiger partial charge in [0.2, 0.25) is 0 Å². The molecule has 4 N–H and O–H groups in total. The van der Waals surface area contributed by atoms with E-state index < -0.39 is 18.0 Å². The monoisotopic (exact) mass is 288 g/mol. The number of hydrogen-bond donors (Lipinski definition) is 4. The fourth-order valence-corrected chi connectivity index (χ4v) is 1.82. The highest BCUT2D eigenvalue weighted by molar-refractivity contribution is 5.82. The van der Waals surface area contributed by atoms with E-state index in [4.69, 9.17) is 0 Å². The van der Waals surface area contributed by atoms with Gasteiger partial charge in [-0.15, -0.1) is 0 Å². The van der Waals surface area contributed by atoms with Gasteiger partial charge in [0.25, 0.3) is 0 Å². The lowest BCUT2D eigenvalue weighted by Crippen LogP contribution is -2.46. The molecule has 0 bridgehead atoms. The SMILES string of the molecule is O=C(NCc1cnc[nH]1)N[C@H](Cc1ccccc1)C(=O)O. The summed E-state index contributed by atoms with van der Waals surface area (Å²) in [5, 5.41) is 14.2. The first kappa shape index (κ1) is 14.6. The molecule has 2 aromatic rings. The van der Waals surface area contributed by atoms with Gasteiger partial charge in [0.1, 0.15) is 6.04 Å². The second kappa shape index (κ2) is 7.09. The molecule has 1 aromatic carbocycles. The van der Waals surface area contributed by atoms with Crippen LogP contribution in [-0.4, -0.2) is 33.1 Å².